The van der Waals surface area contributed by atoms with Crippen LogP contribution in [0.4, 0.5) is 0 Å². The van der Waals surface area contributed by atoms with Crippen LogP contribution < -0.4 is 0 Å². The fourth-order valence-corrected chi connectivity index (χ4v) is 3.08. The summed E-state index contributed by atoms with van der Waals surface area (Å²) in [5.41, 5.74) is 2.32. The first kappa shape index (κ1) is 21.1. The summed E-state index contributed by atoms with van der Waals surface area (Å²) >= 11 is 0. The third-order valence-corrected chi connectivity index (χ3v) is 4.65. The number of nitrogens with zero attached hydrogens (tertiary/aromatic N) is 2. The van der Waals surface area contributed by atoms with E-state index in [1.165, 1.54) is 18.7 Å². The summed E-state index contributed by atoms with van der Waals surface area (Å²) in [5.74, 6) is -3.14. The molecular weight excluding hydrogens is 366 g/mol. The number of esters is 2. The number of nitrogens with one attached hydrogen (secondary N) is 1. The monoisotopic (exact) mass is 389 g/mol. The van der Waals surface area contributed by atoms with Crippen LogP contribution in [0, 0.1) is 27.7 Å². The number of hydrogen-bond donors (Lipinski definition) is 1. The van der Waals surface area contributed by atoms with Gasteiger partial charge in [0.15, 0.2) is 6.10 Å². The average molecular weight is 389 g/mol. The number of aromatic amines is 1. The minimum atomic E-state index is -1.23. The third-order valence-electron chi connectivity index (χ3n) is 4.65. The zero-order chi connectivity index (χ0) is 21.3. The van der Waals surface area contributed by atoms with Crippen LogP contribution >= 0.6 is 0 Å². The van der Waals surface area contributed by atoms with E-state index >= 15 is 0 Å². The lowest BCUT2D eigenvalue weighted by Crippen LogP contribution is -2.29. The molecule has 0 bridgehead atoms. The maximum atomic E-state index is 12.7. The van der Waals surface area contributed by atoms with Crippen LogP contribution in [0.5, 0.6) is 0 Å². The van der Waals surface area contributed by atoms with Crippen LogP contribution in [0.3, 0.4) is 0 Å². The van der Waals surface area contributed by atoms with Gasteiger partial charge in [-0.1, -0.05) is 0 Å². The Labute approximate surface area is 162 Å². The lowest BCUT2D eigenvalue weighted by Gasteiger charge is -2.12. The van der Waals surface area contributed by atoms with Crippen molar-refractivity contribution in [3.8, 4) is 0 Å². The first-order valence-electron chi connectivity index (χ1n) is 8.58. The van der Waals surface area contributed by atoms with Crippen molar-refractivity contribution in [3.63, 3.8) is 0 Å². The summed E-state index contributed by atoms with van der Waals surface area (Å²) in [6.07, 6.45) is -1.23. The van der Waals surface area contributed by atoms with Crippen LogP contribution in [-0.2, 0) is 21.3 Å². The van der Waals surface area contributed by atoms with E-state index in [-0.39, 0.29) is 16.8 Å². The average Bonchev–Trinajstić information content (AvgIpc) is 3.07. The van der Waals surface area contributed by atoms with Crippen LogP contribution in [0.15, 0.2) is 0 Å². The number of hydrogen-bond acceptors (Lipinski definition) is 7. The minimum Gasteiger partial charge on any atom is -0.465 e. The van der Waals surface area contributed by atoms with Crippen molar-refractivity contribution in [1.82, 2.24) is 14.8 Å². The number of rotatable bonds is 6. The molecule has 28 heavy (non-hydrogen) atoms. The molecule has 0 saturated carbocycles. The van der Waals surface area contributed by atoms with Gasteiger partial charge in [-0.2, -0.15) is 5.10 Å². The molecule has 1 atom stereocenters. The molecule has 0 aliphatic rings. The van der Waals surface area contributed by atoms with Crippen molar-refractivity contribution in [1.29, 1.82) is 0 Å². The highest BCUT2D eigenvalue weighted by Gasteiger charge is 2.31. The lowest BCUT2D eigenvalue weighted by molar-refractivity contribution is -0.140. The predicted molar refractivity (Wildman–Crippen MR) is 98.5 cm³/mol. The number of carbonyl (C=O) groups excluding carboxylic acids is 4. The Kier molecular flexibility index (Phi) is 5.86. The van der Waals surface area contributed by atoms with Crippen molar-refractivity contribution >= 4 is 23.5 Å². The number of H-pyrrole nitrogens is 1. The summed E-state index contributed by atoms with van der Waals surface area (Å²) in [6.45, 7) is 7.86. The Balaban J connectivity index is 2.22. The summed E-state index contributed by atoms with van der Waals surface area (Å²) in [6, 6.07) is 0. The fourth-order valence-electron chi connectivity index (χ4n) is 3.08. The molecule has 0 amide bonds. The van der Waals surface area contributed by atoms with Gasteiger partial charge in [-0.15, -0.1) is 0 Å². The van der Waals surface area contributed by atoms with E-state index in [2.05, 4.69) is 10.1 Å². The normalized spacial score (nSPS) is 11.8. The molecular formula is C19H23N3O6. The molecule has 0 aliphatic carbocycles. The highest BCUT2D eigenvalue weighted by atomic mass is 16.6. The summed E-state index contributed by atoms with van der Waals surface area (Å²) in [7, 11) is 2.90. The van der Waals surface area contributed by atoms with Gasteiger partial charge < -0.3 is 14.5 Å². The Hall–Kier alpha value is -3.23. The zero-order valence-corrected chi connectivity index (χ0v) is 16.9. The van der Waals surface area contributed by atoms with Crippen LogP contribution in [0.2, 0.25) is 0 Å². The molecule has 2 heterocycles. The second-order valence-corrected chi connectivity index (χ2v) is 6.53. The second-order valence-electron chi connectivity index (χ2n) is 6.53. The number of Topliss-reactive ketones (excluding diaryl/α,β-unsaturated/α-hetero) is 2. The van der Waals surface area contributed by atoms with Crippen LogP contribution in [0.1, 0.15) is 60.8 Å². The van der Waals surface area contributed by atoms with E-state index in [0.717, 1.165) is 0 Å². The van der Waals surface area contributed by atoms with Crippen molar-refractivity contribution < 1.29 is 28.7 Å². The fraction of sp³-hybridized carbons (Fsp3) is 0.421. The van der Waals surface area contributed by atoms with Gasteiger partial charge in [-0.3, -0.25) is 14.3 Å². The summed E-state index contributed by atoms with van der Waals surface area (Å²) in [5, 5.41) is 4.10. The number of methoxy groups -OCH3 is 1. The van der Waals surface area contributed by atoms with Gasteiger partial charge in [-0.25, -0.2) is 9.59 Å². The minimum absolute atomic E-state index is 0.124. The Bertz CT molecular complexity index is 982. The molecule has 2 rings (SSSR count). The Morgan fingerprint density at radius 3 is 2.18 bits per heavy atom. The molecule has 9 nitrogen and oxygen atoms in total. The maximum absolute atomic E-state index is 12.7. The van der Waals surface area contributed by atoms with Gasteiger partial charge in [0.05, 0.1) is 29.6 Å². The highest BCUT2D eigenvalue weighted by molar-refractivity contribution is 6.41. The van der Waals surface area contributed by atoms with E-state index in [0.29, 0.717) is 22.6 Å². The Morgan fingerprint density at radius 2 is 1.68 bits per heavy atom. The van der Waals surface area contributed by atoms with Crippen LogP contribution in [0.25, 0.3) is 0 Å². The van der Waals surface area contributed by atoms with E-state index < -0.39 is 29.6 Å². The molecule has 0 saturated heterocycles. The SMILES string of the molecule is COC(=O)c1c(C)[nH]c(C(=O)[C@@H](C)OC(=O)C(=O)c2c(C)nn(C)c2C)c1C. The topological polar surface area (TPSA) is 120 Å². The van der Waals surface area contributed by atoms with Gasteiger partial charge in [-0.05, 0) is 40.2 Å². The standard InChI is InChI=1S/C19H23N3O6/c1-8-13(18(25)27-7)9(2)20-15(8)16(23)12(5)28-19(26)17(24)14-10(3)21-22(6)11(14)4/h12,20H,1-7H3/t12-/m1/s1. The molecule has 0 aromatic carbocycles. The predicted octanol–water partition coefficient (Wildman–Crippen LogP) is 1.77. The number of aromatic nitrogens is 3. The van der Waals surface area contributed by atoms with Crippen LogP contribution in [-0.4, -0.2) is 51.5 Å². The van der Waals surface area contributed by atoms with Gasteiger partial charge >= 0.3 is 11.9 Å². The van der Waals surface area contributed by atoms with E-state index in [4.69, 9.17) is 9.47 Å². The number of aryl methyl sites for hydroxylation is 3. The molecule has 0 aliphatic heterocycles. The molecule has 2 aromatic heterocycles. The van der Waals surface area contributed by atoms with Gasteiger partial charge in [0.1, 0.15) is 0 Å². The smallest absolute Gasteiger partial charge is 0.380 e. The molecule has 0 unspecified atom stereocenters. The van der Waals surface area contributed by atoms with Crippen molar-refractivity contribution in [2.45, 2.75) is 40.7 Å². The largest absolute Gasteiger partial charge is 0.465 e. The molecule has 0 spiro atoms. The van der Waals surface area contributed by atoms with E-state index in [9.17, 15) is 19.2 Å². The number of ether oxygens (including phenoxy) is 2. The molecule has 2 aromatic rings. The summed E-state index contributed by atoms with van der Waals surface area (Å²) in [4.78, 5) is 52.1. The van der Waals surface area contributed by atoms with Crippen molar-refractivity contribution in [2.75, 3.05) is 7.11 Å². The van der Waals surface area contributed by atoms with Crippen molar-refractivity contribution in [2.24, 2.45) is 7.05 Å². The molecule has 1 N–H and O–H groups in total. The first-order chi connectivity index (χ1) is 13.0. The van der Waals surface area contributed by atoms with Crippen molar-refractivity contribution in [3.05, 3.63) is 39.5 Å². The molecule has 0 radical (unpaired) electrons. The van der Waals surface area contributed by atoms with Gasteiger partial charge in [0.2, 0.25) is 5.78 Å². The lowest BCUT2D eigenvalue weighted by atomic mass is 10.1. The maximum Gasteiger partial charge on any atom is 0.380 e. The molecule has 9 heteroatoms. The summed E-state index contributed by atoms with van der Waals surface area (Å²) < 4.78 is 11.3. The molecule has 150 valence electrons. The van der Waals surface area contributed by atoms with Gasteiger partial charge in [0.25, 0.3) is 5.78 Å². The van der Waals surface area contributed by atoms with E-state index in [1.54, 1.807) is 34.7 Å². The third kappa shape index (κ3) is 3.60. The molecule has 0 fully saturated rings. The Morgan fingerprint density at radius 1 is 1.07 bits per heavy atom. The van der Waals surface area contributed by atoms with E-state index in [1.807, 2.05) is 0 Å². The quantitative estimate of drug-likeness (QED) is 0.454. The number of carbonyl (C=O) groups is 4. The number of ketones is 2. The second kappa shape index (κ2) is 7.79. The zero-order valence-electron chi connectivity index (χ0n) is 16.9. The van der Waals surface area contributed by atoms with Gasteiger partial charge in [0, 0.05) is 18.4 Å². The highest BCUT2D eigenvalue weighted by Crippen LogP contribution is 2.21. The first-order valence-corrected chi connectivity index (χ1v) is 8.58.